The first kappa shape index (κ1) is 21.6. The zero-order chi connectivity index (χ0) is 17.9. The lowest BCUT2D eigenvalue weighted by Gasteiger charge is -2.37. The summed E-state index contributed by atoms with van der Waals surface area (Å²) in [6, 6.07) is 10.5. The molecule has 1 amide bonds. The van der Waals surface area contributed by atoms with Gasteiger partial charge in [-0.25, -0.2) is 0 Å². The van der Waals surface area contributed by atoms with Crippen molar-refractivity contribution in [2.45, 2.75) is 55.0 Å². The predicted molar refractivity (Wildman–Crippen MR) is 100 cm³/mol. The van der Waals surface area contributed by atoms with Crippen molar-refractivity contribution >= 4 is 5.91 Å². The van der Waals surface area contributed by atoms with E-state index in [1.54, 1.807) is 0 Å². The molecule has 0 unspecified atom stereocenters. The smallest absolute Gasteiger partial charge is 0.228 e. The van der Waals surface area contributed by atoms with Gasteiger partial charge in [-0.15, -0.1) is 0 Å². The molecule has 1 saturated heterocycles. The Hall–Kier alpha value is -1.35. The molecule has 0 N–H and O–H groups in total. The second kappa shape index (κ2) is 11.2. The van der Waals surface area contributed by atoms with Gasteiger partial charge in [-0.3, -0.25) is 9.69 Å². The third-order valence-electron chi connectivity index (χ3n) is 3.55. The molecule has 0 atom stereocenters. The average Bonchev–Trinajstić information content (AvgIpc) is 2.59. The second-order valence-electron chi connectivity index (χ2n) is 6.30. The number of hydrogen-bond acceptors (Lipinski definition) is 2. The molecule has 1 aliphatic heterocycles. The molecule has 2 rings (SSSR count). The van der Waals surface area contributed by atoms with Crippen molar-refractivity contribution in [3.63, 3.8) is 0 Å². The molecule has 1 aliphatic rings. The fraction of sp³-hybridized carbons (Fsp3) is 0.650. The number of carbonyl (C=O) groups is 1. The van der Waals surface area contributed by atoms with Crippen LogP contribution in [0.15, 0.2) is 30.3 Å². The summed E-state index contributed by atoms with van der Waals surface area (Å²) >= 11 is 0. The van der Waals surface area contributed by atoms with E-state index < -0.39 is 0 Å². The average molecular weight is 321 g/mol. The van der Waals surface area contributed by atoms with E-state index in [4.69, 9.17) is 0 Å². The van der Waals surface area contributed by atoms with Crippen LogP contribution in [-0.4, -0.2) is 41.9 Å². The standard InChI is InChI=1S/C16H24N2O.2C2H6/c1-16(2,3)15(19)18-11-9-17(10-12-18)13-14-7-5-4-6-8-14;2*1-2/h4-8H,9-13H2,1-3H3;2*1-2H3. The van der Waals surface area contributed by atoms with Gasteiger partial charge in [0.25, 0.3) is 0 Å². The Morgan fingerprint density at radius 1 is 0.913 bits per heavy atom. The Bertz CT molecular complexity index is 415. The number of carbonyl (C=O) groups excluding carboxylic acids is 1. The summed E-state index contributed by atoms with van der Waals surface area (Å²) < 4.78 is 0. The van der Waals surface area contributed by atoms with E-state index in [1.807, 2.05) is 59.4 Å². The molecule has 0 aliphatic carbocycles. The molecule has 3 heteroatoms. The summed E-state index contributed by atoms with van der Waals surface area (Å²) in [5, 5.41) is 0. The highest BCUT2D eigenvalue weighted by Gasteiger charge is 2.29. The van der Waals surface area contributed by atoms with Crippen LogP contribution in [0.4, 0.5) is 0 Å². The first-order chi connectivity index (χ1) is 11.0. The molecule has 0 radical (unpaired) electrons. The van der Waals surface area contributed by atoms with Crippen molar-refractivity contribution in [3.05, 3.63) is 35.9 Å². The number of benzene rings is 1. The molecule has 132 valence electrons. The highest BCUT2D eigenvalue weighted by molar-refractivity contribution is 5.81. The van der Waals surface area contributed by atoms with Crippen LogP contribution in [0.2, 0.25) is 0 Å². The normalized spacial score (nSPS) is 15.0. The number of nitrogens with zero attached hydrogens (tertiary/aromatic N) is 2. The molecule has 1 heterocycles. The Morgan fingerprint density at radius 2 is 1.39 bits per heavy atom. The monoisotopic (exact) mass is 320 g/mol. The molecular formula is C20H36N2O. The molecule has 0 saturated carbocycles. The highest BCUT2D eigenvalue weighted by Crippen LogP contribution is 2.19. The fourth-order valence-electron chi connectivity index (χ4n) is 2.43. The summed E-state index contributed by atoms with van der Waals surface area (Å²) in [5.74, 6) is 0.270. The van der Waals surface area contributed by atoms with Crippen molar-refractivity contribution in [2.24, 2.45) is 5.41 Å². The molecule has 1 aromatic carbocycles. The second-order valence-corrected chi connectivity index (χ2v) is 6.30. The molecule has 0 bridgehead atoms. The topological polar surface area (TPSA) is 23.6 Å². The van der Waals surface area contributed by atoms with Gasteiger partial charge in [-0.2, -0.15) is 0 Å². The SMILES string of the molecule is CC.CC.CC(C)(C)C(=O)N1CCN(Cc2ccccc2)CC1. The molecule has 0 aromatic heterocycles. The lowest BCUT2D eigenvalue weighted by Crippen LogP contribution is -2.51. The van der Waals surface area contributed by atoms with Crippen LogP contribution < -0.4 is 0 Å². The molecular weight excluding hydrogens is 284 g/mol. The zero-order valence-corrected chi connectivity index (χ0v) is 16.2. The van der Waals surface area contributed by atoms with E-state index in [0.717, 1.165) is 32.7 Å². The van der Waals surface area contributed by atoms with Crippen LogP contribution >= 0.6 is 0 Å². The Morgan fingerprint density at radius 3 is 1.83 bits per heavy atom. The van der Waals surface area contributed by atoms with E-state index in [9.17, 15) is 4.79 Å². The van der Waals surface area contributed by atoms with Crippen LogP contribution in [0.5, 0.6) is 0 Å². The van der Waals surface area contributed by atoms with E-state index >= 15 is 0 Å². The molecule has 23 heavy (non-hydrogen) atoms. The van der Waals surface area contributed by atoms with E-state index in [1.165, 1.54) is 5.56 Å². The third-order valence-corrected chi connectivity index (χ3v) is 3.55. The van der Waals surface area contributed by atoms with Crippen molar-refractivity contribution in [2.75, 3.05) is 26.2 Å². The minimum absolute atomic E-state index is 0.262. The summed E-state index contributed by atoms with van der Waals surface area (Å²) in [4.78, 5) is 16.6. The molecule has 1 fully saturated rings. The van der Waals surface area contributed by atoms with Gasteiger partial charge in [0, 0.05) is 38.1 Å². The van der Waals surface area contributed by atoms with Gasteiger partial charge in [0.2, 0.25) is 5.91 Å². The van der Waals surface area contributed by atoms with Crippen molar-refractivity contribution in [1.82, 2.24) is 9.80 Å². The maximum absolute atomic E-state index is 12.2. The third kappa shape index (κ3) is 7.65. The van der Waals surface area contributed by atoms with Crippen molar-refractivity contribution < 1.29 is 4.79 Å². The van der Waals surface area contributed by atoms with Gasteiger partial charge in [-0.05, 0) is 5.56 Å². The summed E-state index contributed by atoms with van der Waals surface area (Å²) in [6.07, 6.45) is 0. The van der Waals surface area contributed by atoms with Gasteiger partial charge in [-0.1, -0.05) is 78.8 Å². The Kier molecular flexibility index (Phi) is 10.6. The van der Waals surface area contributed by atoms with Gasteiger partial charge in [0.1, 0.15) is 0 Å². The summed E-state index contributed by atoms with van der Waals surface area (Å²) in [6.45, 7) is 18.6. The number of piperazine rings is 1. The molecule has 0 spiro atoms. The summed E-state index contributed by atoms with van der Waals surface area (Å²) in [7, 11) is 0. The van der Waals surface area contributed by atoms with Gasteiger partial charge in [0.05, 0.1) is 0 Å². The van der Waals surface area contributed by atoms with Crippen LogP contribution in [0.1, 0.15) is 54.0 Å². The molecule has 3 nitrogen and oxygen atoms in total. The van der Waals surface area contributed by atoms with Gasteiger partial charge < -0.3 is 4.90 Å². The van der Waals surface area contributed by atoms with Gasteiger partial charge in [0.15, 0.2) is 0 Å². The van der Waals surface area contributed by atoms with Crippen LogP contribution in [-0.2, 0) is 11.3 Å². The van der Waals surface area contributed by atoms with Crippen molar-refractivity contribution in [3.8, 4) is 0 Å². The highest BCUT2D eigenvalue weighted by atomic mass is 16.2. The number of amides is 1. The quantitative estimate of drug-likeness (QED) is 0.805. The Labute approximate surface area is 143 Å². The largest absolute Gasteiger partial charge is 0.340 e. The number of hydrogen-bond donors (Lipinski definition) is 0. The minimum atomic E-state index is -0.262. The minimum Gasteiger partial charge on any atom is -0.340 e. The fourth-order valence-corrected chi connectivity index (χ4v) is 2.43. The van der Waals surface area contributed by atoms with E-state index in [2.05, 4.69) is 29.2 Å². The van der Waals surface area contributed by atoms with E-state index in [-0.39, 0.29) is 11.3 Å². The first-order valence-electron chi connectivity index (χ1n) is 9.02. The molecule has 1 aromatic rings. The van der Waals surface area contributed by atoms with Crippen molar-refractivity contribution in [1.29, 1.82) is 0 Å². The van der Waals surface area contributed by atoms with Crippen LogP contribution in [0, 0.1) is 5.41 Å². The maximum Gasteiger partial charge on any atom is 0.228 e. The zero-order valence-electron chi connectivity index (χ0n) is 16.2. The lowest BCUT2D eigenvalue weighted by atomic mass is 9.94. The van der Waals surface area contributed by atoms with Crippen LogP contribution in [0.25, 0.3) is 0 Å². The predicted octanol–water partition coefficient (Wildman–Crippen LogP) is 4.43. The van der Waals surface area contributed by atoms with E-state index in [0.29, 0.717) is 0 Å². The van der Waals surface area contributed by atoms with Crippen LogP contribution in [0.3, 0.4) is 0 Å². The first-order valence-corrected chi connectivity index (χ1v) is 9.02. The number of rotatable bonds is 2. The Balaban J connectivity index is 0.00000112. The maximum atomic E-state index is 12.2. The lowest BCUT2D eigenvalue weighted by molar-refractivity contribution is -0.141. The summed E-state index contributed by atoms with van der Waals surface area (Å²) in [5.41, 5.74) is 1.08. The van der Waals surface area contributed by atoms with Gasteiger partial charge >= 0.3 is 0 Å².